The van der Waals surface area contributed by atoms with Crippen molar-refractivity contribution >= 4 is 62.5 Å². The molecule has 2 aromatic heterocycles. The summed E-state index contributed by atoms with van der Waals surface area (Å²) in [6.07, 6.45) is 3.20. The molecule has 2 aromatic carbocycles. The number of anilines is 1. The van der Waals surface area contributed by atoms with E-state index in [4.69, 9.17) is 21.4 Å². The van der Waals surface area contributed by atoms with Crippen LogP contribution in [-0.2, 0) is 26.2 Å². The highest BCUT2D eigenvalue weighted by Crippen LogP contribution is 2.64. The first-order chi connectivity index (χ1) is 23.9. The molecule has 10 nitrogen and oxygen atoms in total. The summed E-state index contributed by atoms with van der Waals surface area (Å²) in [6, 6.07) is 12.4. The van der Waals surface area contributed by atoms with Crippen LogP contribution in [0.2, 0.25) is 5.02 Å². The summed E-state index contributed by atoms with van der Waals surface area (Å²) < 4.78 is 8.15. The average Bonchev–Trinajstić information content (AvgIpc) is 3.76. The minimum absolute atomic E-state index is 0.0391. The van der Waals surface area contributed by atoms with Gasteiger partial charge in [0.25, 0.3) is 0 Å². The van der Waals surface area contributed by atoms with Gasteiger partial charge in [0.1, 0.15) is 23.0 Å². The van der Waals surface area contributed by atoms with E-state index in [9.17, 15) is 19.5 Å². The van der Waals surface area contributed by atoms with E-state index >= 15 is 4.79 Å². The van der Waals surface area contributed by atoms with E-state index in [2.05, 4.69) is 0 Å². The summed E-state index contributed by atoms with van der Waals surface area (Å²) >= 11 is 7.87. The van der Waals surface area contributed by atoms with E-state index in [0.717, 1.165) is 26.1 Å². The number of thiophene rings is 1. The van der Waals surface area contributed by atoms with Gasteiger partial charge in [0.2, 0.25) is 23.6 Å². The second kappa shape index (κ2) is 11.5. The van der Waals surface area contributed by atoms with E-state index < -0.39 is 40.9 Å². The fourth-order valence-corrected chi connectivity index (χ4v) is 10.5. The number of rotatable bonds is 6. The van der Waals surface area contributed by atoms with E-state index in [1.54, 1.807) is 48.2 Å². The lowest BCUT2D eigenvalue weighted by Crippen LogP contribution is -2.49. The topological polar surface area (TPSA) is 122 Å². The van der Waals surface area contributed by atoms with Gasteiger partial charge in [-0.05, 0) is 86.4 Å². The van der Waals surface area contributed by atoms with Crippen LogP contribution in [0.4, 0.5) is 5.82 Å². The average molecular weight is 713 g/mol. The van der Waals surface area contributed by atoms with E-state index in [0.29, 0.717) is 47.2 Å². The largest absolute Gasteiger partial charge is 0.508 e. The molecule has 6 atom stereocenters. The quantitative estimate of drug-likeness (QED) is 0.176. The number of likely N-dealkylation sites (tertiary alicyclic amines) is 1. The van der Waals surface area contributed by atoms with Crippen LogP contribution >= 0.6 is 22.9 Å². The van der Waals surface area contributed by atoms with Gasteiger partial charge in [0, 0.05) is 40.9 Å². The highest BCUT2D eigenvalue weighted by Gasteiger charge is 2.68. The molecule has 1 N–H and O–H groups in total. The first-order valence-corrected chi connectivity index (χ1v) is 18.1. The van der Waals surface area contributed by atoms with Gasteiger partial charge < -0.3 is 9.84 Å². The molecular weight excluding hydrogens is 676 g/mol. The number of methoxy groups -OCH3 is 1. The molecular formula is C38H37ClN4O6S. The van der Waals surface area contributed by atoms with Gasteiger partial charge in [-0.25, -0.2) is 4.90 Å². The monoisotopic (exact) mass is 712 g/mol. The number of aromatic hydroxyl groups is 1. The molecule has 8 rings (SSSR count). The molecule has 4 amide bonds. The molecule has 6 unspecified atom stereocenters. The lowest BCUT2D eigenvalue weighted by molar-refractivity contribution is -0.140. The maximum Gasteiger partial charge on any atom is 0.242 e. The first kappa shape index (κ1) is 32.7. The highest BCUT2D eigenvalue weighted by molar-refractivity contribution is 7.22. The fourth-order valence-electron chi connectivity index (χ4n) is 9.19. The first-order valence-electron chi connectivity index (χ1n) is 16.9. The number of hydrogen-bond donors (Lipinski definition) is 1. The Hall–Kier alpha value is -4.48. The van der Waals surface area contributed by atoms with Crippen LogP contribution in [-0.4, -0.2) is 57.1 Å². The van der Waals surface area contributed by atoms with E-state index in [1.807, 2.05) is 38.1 Å². The van der Waals surface area contributed by atoms with Crippen LogP contribution in [0.5, 0.6) is 11.5 Å². The lowest BCUT2D eigenvalue weighted by atomic mass is 9.51. The van der Waals surface area contributed by atoms with Crippen molar-refractivity contribution in [1.82, 2.24) is 14.7 Å². The third-order valence-corrected chi connectivity index (χ3v) is 13.1. The number of ether oxygens (including phenoxy) is 1. The SMILES string of the molecule is CCCN1C(=O)C2CC=C3C(CC4C(=O)N(c5cc(-c6sc7ccc(Cl)cc7c6C)nn5C)C(=O)C4(C)C3c3cc(OC)ccc3O)C2C1=O. The normalized spacial score (nSPS) is 27.6. The van der Waals surface area contributed by atoms with E-state index in [1.165, 1.54) is 23.0 Å². The number of benzene rings is 2. The molecule has 0 radical (unpaired) electrons. The third-order valence-electron chi connectivity index (χ3n) is 11.6. The summed E-state index contributed by atoms with van der Waals surface area (Å²) in [5.41, 5.74) is 1.57. The lowest BCUT2D eigenvalue weighted by Gasteiger charge is -2.49. The van der Waals surface area contributed by atoms with Crippen LogP contribution in [0, 0.1) is 36.0 Å². The number of allylic oxidation sites excluding steroid dienone is 2. The summed E-state index contributed by atoms with van der Waals surface area (Å²) in [7, 11) is 3.24. The zero-order valence-corrected chi connectivity index (χ0v) is 30.0. The molecule has 3 fully saturated rings. The van der Waals surface area contributed by atoms with Crippen molar-refractivity contribution in [2.75, 3.05) is 18.6 Å². The molecule has 0 spiro atoms. The predicted molar refractivity (Wildman–Crippen MR) is 190 cm³/mol. The van der Waals surface area contributed by atoms with Gasteiger partial charge in [0.15, 0.2) is 0 Å². The summed E-state index contributed by atoms with van der Waals surface area (Å²) in [6.45, 7) is 6.07. The Labute approximate surface area is 298 Å². The number of fused-ring (bicyclic) bond motifs is 5. The summed E-state index contributed by atoms with van der Waals surface area (Å²) in [5.74, 6) is -3.62. The maximum atomic E-state index is 15.0. The summed E-state index contributed by atoms with van der Waals surface area (Å²) in [5, 5.41) is 17.8. The number of aryl methyl sites for hydroxylation is 2. The van der Waals surface area contributed by atoms with E-state index in [-0.39, 0.29) is 29.9 Å². The molecule has 12 heteroatoms. The van der Waals surface area contributed by atoms with Crippen LogP contribution < -0.4 is 9.64 Å². The molecule has 4 aromatic rings. The molecule has 2 aliphatic heterocycles. The van der Waals surface area contributed by atoms with Crippen LogP contribution in [0.15, 0.2) is 54.1 Å². The molecule has 4 heterocycles. The van der Waals surface area contributed by atoms with Crippen molar-refractivity contribution in [3.63, 3.8) is 0 Å². The Morgan fingerprint density at radius 2 is 1.84 bits per heavy atom. The zero-order chi connectivity index (χ0) is 35.4. The fraction of sp³-hybridized carbons (Fsp3) is 0.395. The Balaban J connectivity index is 1.26. The van der Waals surface area contributed by atoms with Crippen molar-refractivity contribution in [3.8, 4) is 22.1 Å². The molecule has 2 aliphatic carbocycles. The zero-order valence-electron chi connectivity index (χ0n) is 28.4. The number of phenols is 1. The smallest absolute Gasteiger partial charge is 0.242 e. The summed E-state index contributed by atoms with van der Waals surface area (Å²) in [4.78, 5) is 60.7. The number of imide groups is 2. The molecule has 1 saturated carbocycles. The van der Waals surface area contributed by atoms with Crippen LogP contribution in [0.3, 0.4) is 0 Å². The second-order valence-corrected chi connectivity index (χ2v) is 15.6. The number of nitrogens with zero attached hydrogens (tertiary/aromatic N) is 4. The van der Waals surface area contributed by atoms with Crippen molar-refractivity contribution in [2.45, 2.75) is 46.0 Å². The van der Waals surface area contributed by atoms with Gasteiger partial charge in [-0.1, -0.05) is 30.2 Å². The predicted octanol–water partition coefficient (Wildman–Crippen LogP) is 6.62. The number of phenolic OH excluding ortho intramolecular Hbond substituents is 1. The minimum atomic E-state index is -1.32. The van der Waals surface area contributed by atoms with Gasteiger partial charge >= 0.3 is 0 Å². The molecule has 50 heavy (non-hydrogen) atoms. The van der Waals surface area contributed by atoms with Gasteiger partial charge in [-0.2, -0.15) is 5.10 Å². The number of halogens is 1. The second-order valence-electron chi connectivity index (χ2n) is 14.1. The Morgan fingerprint density at radius 3 is 2.58 bits per heavy atom. The number of hydrogen-bond acceptors (Lipinski definition) is 8. The van der Waals surface area contributed by atoms with Gasteiger partial charge in [-0.3, -0.25) is 28.8 Å². The molecule has 258 valence electrons. The van der Waals surface area contributed by atoms with Crippen LogP contribution in [0.25, 0.3) is 20.7 Å². The van der Waals surface area contributed by atoms with Gasteiger partial charge in [-0.15, -0.1) is 11.3 Å². The Morgan fingerprint density at radius 1 is 1.06 bits per heavy atom. The van der Waals surface area contributed by atoms with Crippen molar-refractivity contribution in [3.05, 3.63) is 70.3 Å². The van der Waals surface area contributed by atoms with Crippen LogP contribution in [0.1, 0.15) is 50.2 Å². The molecule has 0 bridgehead atoms. The highest BCUT2D eigenvalue weighted by atomic mass is 35.5. The number of carbonyl (C=O) groups is 4. The third kappa shape index (κ3) is 4.41. The number of amides is 4. The van der Waals surface area contributed by atoms with Crippen molar-refractivity contribution in [1.29, 1.82) is 0 Å². The standard InChI is InChI=1S/C38H37ClN4O6S/c1-6-13-42-34(45)22-10-9-21-24(31(22)36(42)47)16-26-35(46)43(37(48)38(26,3)32(21)25-15-20(49-5)8-11-28(25)44)30-17-27(40-41(30)4)33-18(2)23-14-19(39)7-12-29(23)50-33/h7-9,11-12,14-15,17,22,24,26,31-32,44H,6,10,13,16H2,1-5H3. The minimum Gasteiger partial charge on any atom is -0.508 e. The number of carbonyl (C=O) groups excluding carboxylic acids is 4. The Bertz CT molecular complexity index is 2190. The molecule has 2 saturated heterocycles. The van der Waals surface area contributed by atoms with Gasteiger partial charge in [0.05, 0.1) is 35.2 Å². The van der Waals surface area contributed by atoms with Crippen molar-refractivity contribution < 1.29 is 29.0 Å². The Kier molecular flexibility index (Phi) is 7.54. The van der Waals surface area contributed by atoms with Crippen molar-refractivity contribution in [2.24, 2.45) is 36.1 Å². The molecule has 4 aliphatic rings. The number of aromatic nitrogens is 2. The maximum absolute atomic E-state index is 15.0.